The number of likely N-dealkylation sites (tertiary alicyclic amines) is 1. The van der Waals surface area contributed by atoms with E-state index in [1.54, 1.807) is 18.2 Å². The van der Waals surface area contributed by atoms with Crippen molar-refractivity contribution in [3.8, 4) is 11.5 Å². The maximum absolute atomic E-state index is 12.8. The molecule has 0 unspecified atom stereocenters. The van der Waals surface area contributed by atoms with Crippen LogP contribution in [0.2, 0.25) is 0 Å². The minimum absolute atomic E-state index is 0.137. The third-order valence-electron chi connectivity index (χ3n) is 4.96. The Morgan fingerprint density at radius 1 is 1.10 bits per heavy atom. The Kier molecular flexibility index (Phi) is 6.21. The maximum atomic E-state index is 12.8. The zero-order valence-electron chi connectivity index (χ0n) is 16.8. The number of carbonyl (C=O) groups is 2. The van der Waals surface area contributed by atoms with E-state index in [1.165, 1.54) is 38.5 Å². The van der Waals surface area contributed by atoms with Gasteiger partial charge in [-0.1, -0.05) is 6.07 Å². The van der Waals surface area contributed by atoms with E-state index in [2.05, 4.69) is 0 Å². The molecule has 0 bridgehead atoms. The van der Waals surface area contributed by atoms with Crippen LogP contribution >= 0.6 is 0 Å². The monoisotopic (exact) mass is 428 g/mol. The number of aliphatic hydroxyl groups excluding tert-OH is 2. The molecule has 31 heavy (non-hydrogen) atoms. The number of nitrogens with zero attached hydrogens (tertiary/aromatic N) is 2. The van der Waals surface area contributed by atoms with Crippen LogP contribution in [0.25, 0.3) is 5.76 Å². The Balaban J connectivity index is 2.18. The van der Waals surface area contributed by atoms with Crippen molar-refractivity contribution in [1.29, 1.82) is 0 Å². The van der Waals surface area contributed by atoms with E-state index in [0.717, 1.165) is 4.90 Å². The van der Waals surface area contributed by atoms with Crippen LogP contribution in [0.15, 0.2) is 48.0 Å². The number of ether oxygens (including phenoxy) is 2. The molecule has 2 aromatic rings. The predicted octanol–water partition coefficient (Wildman–Crippen LogP) is 2.03. The zero-order valence-corrected chi connectivity index (χ0v) is 16.8. The Labute approximate surface area is 177 Å². The molecule has 2 aromatic carbocycles. The number of nitro benzene ring substituents is 1. The highest BCUT2D eigenvalue weighted by Crippen LogP contribution is 2.41. The number of benzene rings is 2. The first-order chi connectivity index (χ1) is 14.8. The SMILES string of the molecule is COc1ccc([C@H]2/C(=C(\O)c3ccc([N+](=O)[O-])cc3)C(=O)C(=O)N2CCO)cc1OC. The second-order valence-electron chi connectivity index (χ2n) is 6.63. The third kappa shape index (κ3) is 3.92. The second kappa shape index (κ2) is 8.84. The number of carbonyl (C=O) groups excluding carboxylic acids is 2. The minimum Gasteiger partial charge on any atom is -0.507 e. The van der Waals surface area contributed by atoms with Crippen LogP contribution in [0.5, 0.6) is 11.5 Å². The molecule has 10 nitrogen and oxygen atoms in total. The van der Waals surface area contributed by atoms with Crippen molar-refractivity contribution in [2.45, 2.75) is 6.04 Å². The van der Waals surface area contributed by atoms with Gasteiger partial charge in [-0.05, 0) is 29.8 Å². The molecule has 1 fully saturated rings. The molecule has 1 amide bonds. The lowest BCUT2D eigenvalue weighted by molar-refractivity contribution is -0.384. The van der Waals surface area contributed by atoms with Crippen LogP contribution in [0.4, 0.5) is 5.69 Å². The molecule has 1 saturated heterocycles. The molecule has 0 saturated carbocycles. The number of ketones is 1. The molecular weight excluding hydrogens is 408 g/mol. The van der Waals surface area contributed by atoms with Crippen molar-refractivity contribution >= 4 is 23.1 Å². The summed E-state index contributed by atoms with van der Waals surface area (Å²) in [6.07, 6.45) is 0. The van der Waals surface area contributed by atoms with Crippen molar-refractivity contribution in [3.63, 3.8) is 0 Å². The molecule has 2 N–H and O–H groups in total. The number of non-ortho nitro benzene ring substituents is 1. The van der Waals surface area contributed by atoms with Crippen LogP contribution in [-0.4, -0.2) is 59.1 Å². The summed E-state index contributed by atoms with van der Waals surface area (Å²) < 4.78 is 10.5. The van der Waals surface area contributed by atoms with Gasteiger partial charge in [-0.3, -0.25) is 19.7 Å². The molecule has 162 valence electrons. The van der Waals surface area contributed by atoms with Crippen molar-refractivity contribution in [2.24, 2.45) is 0 Å². The number of hydrogen-bond acceptors (Lipinski definition) is 8. The highest BCUT2D eigenvalue weighted by molar-refractivity contribution is 6.46. The first-order valence-corrected chi connectivity index (χ1v) is 9.20. The lowest BCUT2D eigenvalue weighted by Crippen LogP contribution is -2.32. The highest BCUT2D eigenvalue weighted by atomic mass is 16.6. The topological polar surface area (TPSA) is 139 Å². The quantitative estimate of drug-likeness (QED) is 0.224. The highest BCUT2D eigenvalue weighted by Gasteiger charge is 2.46. The summed E-state index contributed by atoms with van der Waals surface area (Å²) in [6, 6.07) is 8.74. The van der Waals surface area contributed by atoms with Crippen molar-refractivity contribution in [3.05, 3.63) is 69.3 Å². The number of hydrogen-bond donors (Lipinski definition) is 2. The van der Waals surface area contributed by atoms with Gasteiger partial charge >= 0.3 is 0 Å². The number of aliphatic hydroxyl groups is 2. The first-order valence-electron chi connectivity index (χ1n) is 9.20. The number of rotatable bonds is 7. The van der Waals surface area contributed by atoms with E-state index in [-0.39, 0.29) is 23.4 Å². The summed E-state index contributed by atoms with van der Waals surface area (Å²) in [6.45, 7) is -0.533. The second-order valence-corrected chi connectivity index (χ2v) is 6.63. The normalized spacial score (nSPS) is 17.6. The zero-order chi connectivity index (χ0) is 22.7. The van der Waals surface area contributed by atoms with Crippen LogP contribution in [0, 0.1) is 10.1 Å². The van der Waals surface area contributed by atoms with Crippen LogP contribution in [0.3, 0.4) is 0 Å². The fourth-order valence-electron chi connectivity index (χ4n) is 3.48. The number of β-amino-alcohol motifs (C(OH)–C–C–N with tert-alkyl or cyclic N) is 1. The molecule has 0 radical (unpaired) electrons. The number of nitro groups is 1. The van der Waals surface area contributed by atoms with Crippen molar-refractivity contribution in [1.82, 2.24) is 4.90 Å². The van der Waals surface area contributed by atoms with Gasteiger partial charge in [-0.15, -0.1) is 0 Å². The summed E-state index contributed by atoms with van der Waals surface area (Å²) in [5, 5.41) is 31.2. The van der Waals surface area contributed by atoms with Gasteiger partial charge in [0.15, 0.2) is 11.5 Å². The lowest BCUT2D eigenvalue weighted by Gasteiger charge is -2.25. The van der Waals surface area contributed by atoms with Gasteiger partial charge in [0.05, 0.1) is 37.4 Å². The van der Waals surface area contributed by atoms with Gasteiger partial charge in [0.2, 0.25) is 0 Å². The Morgan fingerprint density at radius 2 is 1.74 bits per heavy atom. The molecule has 1 aliphatic heterocycles. The molecule has 10 heteroatoms. The first kappa shape index (κ1) is 21.8. The predicted molar refractivity (Wildman–Crippen MR) is 109 cm³/mol. The van der Waals surface area contributed by atoms with Gasteiger partial charge in [-0.2, -0.15) is 0 Å². The van der Waals surface area contributed by atoms with Gasteiger partial charge in [0, 0.05) is 24.2 Å². The van der Waals surface area contributed by atoms with Gasteiger partial charge < -0.3 is 24.6 Å². The van der Waals surface area contributed by atoms with E-state index in [1.807, 2.05) is 0 Å². The van der Waals surface area contributed by atoms with Crippen molar-refractivity contribution < 1.29 is 34.2 Å². The maximum Gasteiger partial charge on any atom is 0.295 e. The van der Waals surface area contributed by atoms with Gasteiger partial charge in [-0.25, -0.2) is 0 Å². The van der Waals surface area contributed by atoms with Gasteiger partial charge in [0.1, 0.15) is 5.76 Å². The smallest absolute Gasteiger partial charge is 0.295 e. The summed E-state index contributed by atoms with van der Waals surface area (Å²) >= 11 is 0. The van der Waals surface area contributed by atoms with E-state index >= 15 is 0 Å². The molecule has 0 spiro atoms. The number of amides is 1. The standard InChI is InChI=1S/C21H20N2O8/c1-30-15-8-5-13(11-16(15)31-2)18-17(20(26)21(27)22(18)9-10-24)19(25)12-3-6-14(7-4-12)23(28)29/h3-8,11,18,24-25H,9-10H2,1-2H3/b19-17+/t18-/m0/s1. The van der Waals surface area contributed by atoms with E-state index in [4.69, 9.17) is 9.47 Å². The summed E-state index contributed by atoms with van der Waals surface area (Å²) in [7, 11) is 2.90. The molecule has 1 aliphatic rings. The fraction of sp³-hybridized carbons (Fsp3) is 0.238. The van der Waals surface area contributed by atoms with E-state index in [9.17, 15) is 29.9 Å². The average Bonchev–Trinajstić information content (AvgIpc) is 3.03. The Morgan fingerprint density at radius 3 is 2.29 bits per heavy atom. The van der Waals surface area contributed by atoms with E-state index in [0.29, 0.717) is 17.1 Å². The minimum atomic E-state index is -0.998. The lowest BCUT2D eigenvalue weighted by atomic mass is 9.95. The third-order valence-corrected chi connectivity index (χ3v) is 4.96. The van der Waals surface area contributed by atoms with Crippen LogP contribution in [-0.2, 0) is 9.59 Å². The summed E-state index contributed by atoms with van der Waals surface area (Å²) in [4.78, 5) is 36.8. The fourth-order valence-corrected chi connectivity index (χ4v) is 3.48. The summed E-state index contributed by atoms with van der Waals surface area (Å²) in [5.74, 6) is -1.50. The summed E-state index contributed by atoms with van der Waals surface area (Å²) in [5.41, 5.74) is 0.208. The molecular formula is C21H20N2O8. The van der Waals surface area contributed by atoms with E-state index < -0.39 is 35.0 Å². The molecule has 0 aliphatic carbocycles. The molecule has 1 heterocycles. The molecule has 0 aromatic heterocycles. The molecule has 3 rings (SSSR count). The molecule has 1 atom stereocenters. The van der Waals surface area contributed by atoms with Crippen LogP contribution in [0.1, 0.15) is 17.2 Å². The number of methoxy groups -OCH3 is 2. The van der Waals surface area contributed by atoms with Gasteiger partial charge in [0.25, 0.3) is 17.4 Å². The van der Waals surface area contributed by atoms with Crippen LogP contribution < -0.4 is 9.47 Å². The van der Waals surface area contributed by atoms with Crippen molar-refractivity contribution in [2.75, 3.05) is 27.4 Å². The number of Topliss-reactive ketones (excluding diaryl/α,β-unsaturated/α-hetero) is 1. The largest absolute Gasteiger partial charge is 0.507 e. The average molecular weight is 428 g/mol. The Hall–Kier alpha value is -3.92. The Bertz CT molecular complexity index is 1060.